The minimum absolute atomic E-state index is 0.253. The SMILES string of the molecule is CSCCC(NC(=O)CNC(=O)c1ccccc1)C(=O)O. The zero-order valence-electron chi connectivity index (χ0n) is 11.7. The van der Waals surface area contributed by atoms with Crippen LogP contribution in [0.25, 0.3) is 0 Å². The summed E-state index contributed by atoms with van der Waals surface area (Å²) in [7, 11) is 0. The van der Waals surface area contributed by atoms with Crippen LogP contribution in [-0.4, -0.2) is 47.5 Å². The molecule has 0 aliphatic carbocycles. The van der Waals surface area contributed by atoms with Gasteiger partial charge in [-0.1, -0.05) is 18.2 Å². The molecular formula is C14H18N2O4S. The fourth-order valence-electron chi connectivity index (χ4n) is 1.59. The molecule has 0 saturated heterocycles. The Hall–Kier alpha value is -2.02. The van der Waals surface area contributed by atoms with E-state index in [9.17, 15) is 14.4 Å². The monoisotopic (exact) mass is 310 g/mol. The maximum Gasteiger partial charge on any atom is 0.326 e. The lowest BCUT2D eigenvalue weighted by Gasteiger charge is -2.14. The summed E-state index contributed by atoms with van der Waals surface area (Å²) in [5.41, 5.74) is 0.447. The highest BCUT2D eigenvalue weighted by Gasteiger charge is 2.19. The van der Waals surface area contributed by atoms with Crippen LogP contribution in [-0.2, 0) is 9.59 Å². The number of carbonyl (C=O) groups is 3. The van der Waals surface area contributed by atoms with Crippen LogP contribution in [0.5, 0.6) is 0 Å². The second-order valence-corrected chi connectivity index (χ2v) is 5.27. The first-order valence-electron chi connectivity index (χ1n) is 6.39. The van der Waals surface area contributed by atoms with Crippen molar-refractivity contribution in [3.8, 4) is 0 Å². The topological polar surface area (TPSA) is 95.5 Å². The van der Waals surface area contributed by atoms with Crippen LogP contribution < -0.4 is 10.6 Å². The van der Waals surface area contributed by atoms with Gasteiger partial charge in [0.15, 0.2) is 0 Å². The van der Waals surface area contributed by atoms with E-state index in [0.717, 1.165) is 0 Å². The summed E-state index contributed by atoms with van der Waals surface area (Å²) in [5.74, 6) is -1.34. The highest BCUT2D eigenvalue weighted by molar-refractivity contribution is 7.98. The zero-order chi connectivity index (χ0) is 15.7. The number of benzene rings is 1. The molecule has 1 aromatic rings. The number of carboxylic acids is 1. The Kier molecular flexibility index (Phi) is 7.31. The van der Waals surface area contributed by atoms with Crippen molar-refractivity contribution >= 4 is 29.5 Å². The Bertz CT molecular complexity index is 493. The average Bonchev–Trinajstić information content (AvgIpc) is 2.49. The minimum atomic E-state index is -1.08. The molecule has 0 heterocycles. The Labute approximate surface area is 127 Å². The third kappa shape index (κ3) is 6.31. The molecule has 3 N–H and O–H groups in total. The largest absolute Gasteiger partial charge is 0.480 e. The second-order valence-electron chi connectivity index (χ2n) is 4.29. The van der Waals surface area contributed by atoms with Crippen LogP contribution >= 0.6 is 11.8 Å². The lowest BCUT2D eigenvalue weighted by atomic mass is 10.2. The van der Waals surface area contributed by atoms with Crippen LogP contribution in [0.4, 0.5) is 0 Å². The van der Waals surface area contributed by atoms with E-state index in [4.69, 9.17) is 5.11 Å². The fraction of sp³-hybridized carbons (Fsp3) is 0.357. The molecule has 2 amide bonds. The maximum absolute atomic E-state index is 11.7. The van der Waals surface area contributed by atoms with E-state index in [-0.39, 0.29) is 12.5 Å². The molecule has 0 aromatic heterocycles. The number of carboxylic acid groups (broad SMARTS) is 1. The van der Waals surface area contributed by atoms with Crippen molar-refractivity contribution in [2.75, 3.05) is 18.6 Å². The van der Waals surface area contributed by atoms with Crippen LogP contribution in [0.3, 0.4) is 0 Å². The second kappa shape index (κ2) is 9.02. The molecule has 114 valence electrons. The van der Waals surface area contributed by atoms with E-state index in [1.165, 1.54) is 11.8 Å². The first-order chi connectivity index (χ1) is 10.0. The number of amides is 2. The van der Waals surface area contributed by atoms with Crippen molar-refractivity contribution in [1.29, 1.82) is 0 Å². The molecule has 0 aliphatic rings. The lowest BCUT2D eigenvalue weighted by molar-refractivity contribution is -0.141. The molecular weight excluding hydrogens is 292 g/mol. The van der Waals surface area contributed by atoms with Crippen LogP contribution in [0.15, 0.2) is 30.3 Å². The van der Waals surface area contributed by atoms with Gasteiger partial charge < -0.3 is 15.7 Å². The van der Waals surface area contributed by atoms with Crippen LogP contribution in [0.2, 0.25) is 0 Å². The molecule has 7 heteroatoms. The van der Waals surface area contributed by atoms with Gasteiger partial charge in [-0.3, -0.25) is 9.59 Å². The quantitative estimate of drug-likeness (QED) is 0.658. The smallest absolute Gasteiger partial charge is 0.326 e. The third-order valence-corrected chi connectivity index (χ3v) is 3.33. The molecule has 1 rings (SSSR count). The summed E-state index contributed by atoms with van der Waals surface area (Å²) >= 11 is 1.51. The summed E-state index contributed by atoms with van der Waals surface area (Å²) < 4.78 is 0. The van der Waals surface area contributed by atoms with Crippen molar-refractivity contribution in [1.82, 2.24) is 10.6 Å². The average molecular weight is 310 g/mol. The maximum atomic E-state index is 11.7. The van der Waals surface area contributed by atoms with E-state index in [1.807, 2.05) is 6.26 Å². The number of nitrogens with one attached hydrogen (secondary N) is 2. The number of thioether (sulfide) groups is 1. The molecule has 1 atom stereocenters. The van der Waals surface area contributed by atoms with E-state index in [2.05, 4.69) is 10.6 Å². The molecule has 1 aromatic carbocycles. The molecule has 6 nitrogen and oxygen atoms in total. The summed E-state index contributed by atoms with van der Waals surface area (Å²) in [4.78, 5) is 34.4. The molecule has 0 spiro atoms. The highest BCUT2D eigenvalue weighted by Crippen LogP contribution is 2.01. The number of hydrogen-bond acceptors (Lipinski definition) is 4. The standard InChI is InChI=1S/C14H18N2O4S/c1-21-8-7-11(14(19)20)16-12(17)9-15-13(18)10-5-3-2-4-6-10/h2-6,11H,7-9H2,1H3,(H,15,18)(H,16,17)(H,19,20). The summed E-state index contributed by atoms with van der Waals surface area (Å²) in [6.07, 6.45) is 2.20. The predicted octanol–water partition coefficient (Wildman–Crippen LogP) is 0.739. The van der Waals surface area contributed by atoms with Gasteiger partial charge in [0.2, 0.25) is 5.91 Å². The van der Waals surface area contributed by atoms with Gasteiger partial charge in [-0.25, -0.2) is 4.79 Å². The Morgan fingerprint density at radius 1 is 1.24 bits per heavy atom. The fourth-order valence-corrected chi connectivity index (χ4v) is 2.06. The summed E-state index contributed by atoms with van der Waals surface area (Å²) in [6.45, 7) is -0.253. The van der Waals surface area contributed by atoms with Gasteiger partial charge in [-0.05, 0) is 30.6 Å². The summed E-state index contributed by atoms with van der Waals surface area (Å²) in [5, 5.41) is 13.8. The van der Waals surface area contributed by atoms with Gasteiger partial charge in [0.05, 0.1) is 6.54 Å². The number of hydrogen-bond donors (Lipinski definition) is 3. The Morgan fingerprint density at radius 2 is 1.90 bits per heavy atom. The van der Waals surface area contributed by atoms with Gasteiger partial charge in [-0.2, -0.15) is 11.8 Å². The third-order valence-electron chi connectivity index (χ3n) is 2.69. The van der Waals surface area contributed by atoms with Gasteiger partial charge in [0.25, 0.3) is 5.91 Å². The van der Waals surface area contributed by atoms with Crippen molar-refractivity contribution in [2.45, 2.75) is 12.5 Å². The molecule has 0 bridgehead atoms. The number of aliphatic carboxylic acids is 1. The van der Waals surface area contributed by atoms with E-state index in [1.54, 1.807) is 30.3 Å². The van der Waals surface area contributed by atoms with E-state index >= 15 is 0 Å². The lowest BCUT2D eigenvalue weighted by Crippen LogP contribution is -2.45. The van der Waals surface area contributed by atoms with Crippen LogP contribution in [0.1, 0.15) is 16.8 Å². The molecule has 1 unspecified atom stereocenters. The predicted molar refractivity (Wildman–Crippen MR) is 81.3 cm³/mol. The van der Waals surface area contributed by atoms with Gasteiger partial charge in [0.1, 0.15) is 6.04 Å². The van der Waals surface area contributed by atoms with Crippen molar-refractivity contribution < 1.29 is 19.5 Å². The number of carbonyl (C=O) groups excluding carboxylic acids is 2. The molecule has 0 saturated carbocycles. The minimum Gasteiger partial charge on any atom is -0.480 e. The number of rotatable bonds is 8. The molecule has 0 fully saturated rings. The first kappa shape index (κ1) is 17.0. The van der Waals surface area contributed by atoms with E-state index < -0.39 is 17.9 Å². The van der Waals surface area contributed by atoms with Crippen LogP contribution in [0, 0.1) is 0 Å². The van der Waals surface area contributed by atoms with Gasteiger partial charge in [0, 0.05) is 5.56 Å². The molecule has 21 heavy (non-hydrogen) atoms. The normalized spacial score (nSPS) is 11.5. The van der Waals surface area contributed by atoms with Crippen molar-refractivity contribution in [3.63, 3.8) is 0 Å². The van der Waals surface area contributed by atoms with Crippen molar-refractivity contribution in [2.24, 2.45) is 0 Å². The van der Waals surface area contributed by atoms with Gasteiger partial charge >= 0.3 is 5.97 Å². The highest BCUT2D eigenvalue weighted by atomic mass is 32.2. The summed E-state index contributed by atoms with van der Waals surface area (Å²) in [6, 6.07) is 7.55. The van der Waals surface area contributed by atoms with Gasteiger partial charge in [-0.15, -0.1) is 0 Å². The zero-order valence-corrected chi connectivity index (χ0v) is 12.5. The molecule has 0 radical (unpaired) electrons. The molecule has 0 aliphatic heterocycles. The Morgan fingerprint density at radius 3 is 2.48 bits per heavy atom. The van der Waals surface area contributed by atoms with E-state index in [0.29, 0.717) is 17.7 Å². The van der Waals surface area contributed by atoms with Crippen molar-refractivity contribution in [3.05, 3.63) is 35.9 Å². The Balaban J connectivity index is 2.42. The first-order valence-corrected chi connectivity index (χ1v) is 7.78.